The van der Waals surface area contributed by atoms with Gasteiger partial charge in [0, 0.05) is 29.6 Å². The Labute approximate surface area is 171 Å². The quantitative estimate of drug-likeness (QED) is 0.428. The number of rotatable bonds is 5. The number of nitrogens with two attached hydrogens (primary N) is 1. The number of anilines is 3. The minimum atomic E-state index is -0.314. The van der Waals surface area contributed by atoms with Crippen molar-refractivity contribution in [2.45, 2.75) is 0 Å². The number of nitrogen functional groups attached to an aromatic ring is 1. The van der Waals surface area contributed by atoms with E-state index in [1.807, 2.05) is 24.3 Å². The number of ether oxygens (including phenoxy) is 1. The third-order valence-electron chi connectivity index (χ3n) is 3.94. The fraction of sp³-hybridized carbons (Fsp3) is 0. The Balaban J connectivity index is 1.51. The van der Waals surface area contributed by atoms with E-state index < -0.39 is 0 Å². The number of benzene rings is 2. The van der Waals surface area contributed by atoms with E-state index in [9.17, 15) is 4.39 Å². The Kier molecular flexibility index (Phi) is 5.22. The van der Waals surface area contributed by atoms with E-state index in [4.69, 9.17) is 22.1 Å². The number of aromatic nitrogens is 3. The zero-order valence-corrected chi connectivity index (χ0v) is 15.8. The van der Waals surface area contributed by atoms with Gasteiger partial charge < -0.3 is 15.8 Å². The average molecular weight is 408 g/mol. The molecule has 0 saturated carbocycles. The molecule has 0 aliphatic heterocycles. The van der Waals surface area contributed by atoms with Gasteiger partial charge in [-0.2, -0.15) is 4.98 Å². The van der Waals surface area contributed by atoms with E-state index >= 15 is 0 Å². The maximum atomic E-state index is 13.1. The monoisotopic (exact) mass is 407 g/mol. The van der Waals surface area contributed by atoms with Crippen LogP contribution in [0.25, 0.3) is 11.3 Å². The summed E-state index contributed by atoms with van der Waals surface area (Å²) in [6, 6.07) is 18.4. The highest BCUT2D eigenvalue weighted by Gasteiger charge is 2.06. The number of nitrogens with zero attached hydrogens (tertiary/aromatic N) is 3. The van der Waals surface area contributed by atoms with Crippen molar-refractivity contribution >= 4 is 29.1 Å². The van der Waals surface area contributed by atoms with E-state index in [2.05, 4.69) is 20.3 Å². The van der Waals surface area contributed by atoms with E-state index in [1.165, 1.54) is 12.1 Å². The van der Waals surface area contributed by atoms with Crippen molar-refractivity contribution in [2.24, 2.45) is 0 Å². The molecule has 0 bridgehead atoms. The van der Waals surface area contributed by atoms with E-state index in [1.54, 1.807) is 36.5 Å². The smallest absolute Gasteiger partial charge is 0.222 e. The lowest BCUT2D eigenvalue weighted by atomic mass is 10.1. The van der Waals surface area contributed by atoms with Crippen LogP contribution in [-0.2, 0) is 0 Å². The van der Waals surface area contributed by atoms with Gasteiger partial charge in [-0.3, -0.25) is 0 Å². The van der Waals surface area contributed by atoms with Crippen molar-refractivity contribution < 1.29 is 9.13 Å². The second kappa shape index (κ2) is 8.12. The first-order valence-electron chi connectivity index (χ1n) is 8.62. The van der Waals surface area contributed by atoms with Crippen LogP contribution in [0.5, 0.6) is 11.5 Å². The van der Waals surface area contributed by atoms with Crippen molar-refractivity contribution in [3.05, 3.63) is 83.9 Å². The number of hydrogen-bond donors (Lipinski definition) is 2. The zero-order valence-electron chi connectivity index (χ0n) is 15.0. The number of pyridine rings is 1. The van der Waals surface area contributed by atoms with Gasteiger partial charge in [0.2, 0.25) is 5.95 Å². The number of halogens is 2. The summed E-state index contributed by atoms with van der Waals surface area (Å²) >= 11 is 5.86. The average Bonchev–Trinajstić information content (AvgIpc) is 2.70. The number of hydrogen-bond acceptors (Lipinski definition) is 6. The largest absolute Gasteiger partial charge is 0.457 e. The van der Waals surface area contributed by atoms with Gasteiger partial charge >= 0.3 is 0 Å². The summed E-state index contributed by atoms with van der Waals surface area (Å²) in [5.74, 6) is 1.56. The van der Waals surface area contributed by atoms with Gasteiger partial charge in [0.15, 0.2) is 0 Å². The summed E-state index contributed by atoms with van der Waals surface area (Å²) in [4.78, 5) is 12.3. The first kappa shape index (κ1) is 18.6. The topological polar surface area (TPSA) is 86.0 Å². The summed E-state index contributed by atoms with van der Waals surface area (Å²) in [5, 5.41) is 3.53. The minimum Gasteiger partial charge on any atom is -0.457 e. The molecule has 4 aromatic rings. The Bertz CT molecular complexity index is 1140. The molecule has 0 atom stereocenters. The van der Waals surface area contributed by atoms with Crippen LogP contribution in [0.15, 0.2) is 72.9 Å². The highest BCUT2D eigenvalue weighted by molar-refractivity contribution is 6.29. The summed E-state index contributed by atoms with van der Waals surface area (Å²) in [6.45, 7) is 0. The first-order valence-corrected chi connectivity index (χ1v) is 9.00. The second-order valence-electron chi connectivity index (χ2n) is 6.07. The first-order chi connectivity index (χ1) is 14.0. The predicted octanol–water partition coefficient (Wildman–Crippen LogP) is 5.45. The van der Waals surface area contributed by atoms with Crippen molar-refractivity contribution in [3.63, 3.8) is 0 Å². The maximum Gasteiger partial charge on any atom is 0.222 e. The highest BCUT2D eigenvalue weighted by Crippen LogP contribution is 2.27. The molecular weight excluding hydrogens is 393 g/mol. The van der Waals surface area contributed by atoms with Gasteiger partial charge in [0.05, 0.1) is 5.69 Å². The summed E-state index contributed by atoms with van der Waals surface area (Å²) in [5.41, 5.74) is 7.95. The predicted molar refractivity (Wildman–Crippen MR) is 111 cm³/mol. The normalized spacial score (nSPS) is 10.6. The molecule has 2 aromatic carbocycles. The van der Waals surface area contributed by atoms with Crippen molar-refractivity contribution in [1.29, 1.82) is 0 Å². The standard InChI is InChI=1S/C21H15ClFN5O/c22-19-11-17(9-10-25-19)29-16-7-5-15(6-8-16)26-20-12-18(27-21(24)28-20)13-1-3-14(23)4-2-13/h1-12H,(H3,24,26,27,28). The molecule has 3 N–H and O–H groups in total. The van der Waals surface area contributed by atoms with Gasteiger partial charge in [0.1, 0.15) is 28.3 Å². The van der Waals surface area contributed by atoms with Crippen LogP contribution in [-0.4, -0.2) is 15.0 Å². The molecule has 0 aliphatic rings. The van der Waals surface area contributed by atoms with Gasteiger partial charge in [-0.05, 0) is 54.6 Å². The van der Waals surface area contributed by atoms with Gasteiger partial charge in [-0.25, -0.2) is 14.4 Å². The third-order valence-corrected chi connectivity index (χ3v) is 4.15. The van der Waals surface area contributed by atoms with Crippen LogP contribution in [0.1, 0.15) is 0 Å². The summed E-state index contributed by atoms with van der Waals surface area (Å²) in [7, 11) is 0. The van der Waals surface area contributed by atoms with Crippen molar-refractivity contribution in [2.75, 3.05) is 11.1 Å². The minimum absolute atomic E-state index is 0.115. The molecule has 8 heteroatoms. The van der Waals surface area contributed by atoms with Crippen LogP contribution in [0.4, 0.5) is 21.8 Å². The SMILES string of the molecule is Nc1nc(Nc2ccc(Oc3ccnc(Cl)c3)cc2)cc(-c2ccc(F)cc2)n1. The lowest BCUT2D eigenvalue weighted by molar-refractivity contribution is 0.482. The van der Waals surface area contributed by atoms with Crippen LogP contribution < -0.4 is 15.8 Å². The molecule has 6 nitrogen and oxygen atoms in total. The molecule has 144 valence electrons. The molecule has 2 heterocycles. The molecule has 0 aliphatic carbocycles. The van der Waals surface area contributed by atoms with E-state index in [0.29, 0.717) is 28.2 Å². The molecule has 4 rings (SSSR count). The Morgan fingerprint density at radius 3 is 2.38 bits per heavy atom. The maximum absolute atomic E-state index is 13.1. The molecule has 0 spiro atoms. The molecule has 2 aromatic heterocycles. The van der Waals surface area contributed by atoms with E-state index in [-0.39, 0.29) is 11.8 Å². The van der Waals surface area contributed by atoms with Crippen LogP contribution in [0.3, 0.4) is 0 Å². The second-order valence-corrected chi connectivity index (χ2v) is 6.46. The van der Waals surface area contributed by atoms with Gasteiger partial charge in [-0.15, -0.1) is 0 Å². The molecular formula is C21H15ClFN5O. The van der Waals surface area contributed by atoms with E-state index in [0.717, 1.165) is 11.3 Å². The summed E-state index contributed by atoms with van der Waals surface area (Å²) < 4.78 is 18.9. The Morgan fingerprint density at radius 1 is 0.897 bits per heavy atom. The van der Waals surface area contributed by atoms with Crippen LogP contribution >= 0.6 is 11.6 Å². The van der Waals surface area contributed by atoms with Crippen molar-refractivity contribution in [3.8, 4) is 22.8 Å². The molecule has 0 saturated heterocycles. The fourth-order valence-corrected chi connectivity index (χ4v) is 2.80. The molecule has 0 radical (unpaired) electrons. The highest BCUT2D eigenvalue weighted by atomic mass is 35.5. The number of nitrogens with one attached hydrogen (secondary N) is 1. The summed E-state index contributed by atoms with van der Waals surface area (Å²) in [6.07, 6.45) is 1.58. The van der Waals surface area contributed by atoms with Crippen LogP contribution in [0, 0.1) is 5.82 Å². The lowest BCUT2D eigenvalue weighted by Gasteiger charge is -2.10. The Morgan fingerprint density at radius 2 is 1.66 bits per heavy atom. The third kappa shape index (κ3) is 4.77. The van der Waals surface area contributed by atoms with Gasteiger partial charge in [-0.1, -0.05) is 11.6 Å². The van der Waals surface area contributed by atoms with Crippen molar-refractivity contribution in [1.82, 2.24) is 15.0 Å². The van der Waals surface area contributed by atoms with Gasteiger partial charge in [0.25, 0.3) is 0 Å². The zero-order chi connectivity index (χ0) is 20.2. The molecule has 29 heavy (non-hydrogen) atoms. The fourth-order valence-electron chi connectivity index (χ4n) is 2.64. The lowest BCUT2D eigenvalue weighted by Crippen LogP contribution is -2.01. The Hall–Kier alpha value is -3.71. The molecule has 0 amide bonds. The van der Waals surface area contributed by atoms with Crippen LogP contribution in [0.2, 0.25) is 5.15 Å². The molecule has 0 fully saturated rings. The molecule has 0 unspecified atom stereocenters.